The summed E-state index contributed by atoms with van der Waals surface area (Å²) in [5.41, 5.74) is 0. The van der Waals surface area contributed by atoms with E-state index in [1.54, 1.807) is 0 Å². The molecule has 0 aliphatic rings. The Morgan fingerprint density at radius 3 is 2.44 bits per heavy atom. The molecule has 9 heavy (non-hydrogen) atoms. The molecule has 1 heteroatoms. The lowest BCUT2D eigenvalue weighted by Crippen LogP contribution is -1.94. The van der Waals surface area contributed by atoms with Gasteiger partial charge in [-0.25, -0.2) is 0 Å². The van der Waals surface area contributed by atoms with Crippen LogP contribution in [0.1, 0.15) is 33.6 Å². The molecule has 0 aliphatic heterocycles. The van der Waals surface area contributed by atoms with Crippen LogP contribution in [0.4, 0.5) is 0 Å². The molecule has 0 atom stereocenters. The van der Waals surface area contributed by atoms with Crippen LogP contribution in [0.5, 0.6) is 0 Å². The molecule has 55 valence electrons. The molecule has 0 aromatic rings. The first-order chi connectivity index (χ1) is 4.27. The Bertz CT molecular complexity index is 50.5. The average Bonchev–Trinajstić information content (AvgIpc) is 1.80. The second-order valence-electron chi connectivity index (χ2n) is 3.06. The first-order valence-corrected chi connectivity index (χ1v) is 5.72. The van der Waals surface area contributed by atoms with Crippen molar-refractivity contribution < 1.29 is 0 Å². The molecule has 0 aromatic heterocycles. The van der Waals surface area contributed by atoms with E-state index in [4.69, 9.17) is 0 Å². The molecule has 0 N–H and O–H groups in total. The molecule has 0 unspecified atom stereocenters. The molecular formula is C8H19Si. The van der Waals surface area contributed by atoms with Crippen molar-refractivity contribution in [2.75, 3.05) is 0 Å². The van der Waals surface area contributed by atoms with Crippen LogP contribution in [0, 0.1) is 5.92 Å². The van der Waals surface area contributed by atoms with Gasteiger partial charge in [-0.05, 0) is 5.92 Å². The summed E-state index contributed by atoms with van der Waals surface area (Å²) in [7, 11) is 0.786. The van der Waals surface area contributed by atoms with Gasteiger partial charge < -0.3 is 0 Å². The molecule has 0 spiro atoms. The molecule has 1 radical (unpaired) electrons. The van der Waals surface area contributed by atoms with Crippen LogP contribution in [-0.2, 0) is 0 Å². The van der Waals surface area contributed by atoms with Gasteiger partial charge in [0.15, 0.2) is 0 Å². The summed E-state index contributed by atoms with van der Waals surface area (Å²) in [5, 5.41) is 0. The van der Waals surface area contributed by atoms with Crippen LogP contribution in [0.3, 0.4) is 0 Å². The smallest absolute Gasteiger partial charge is 0.0282 e. The Morgan fingerprint density at radius 2 is 2.00 bits per heavy atom. The van der Waals surface area contributed by atoms with Gasteiger partial charge in [0.25, 0.3) is 0 Å². The lowest BCUT2D eigenvalue weighted by atomic mass is 10.3. The number of rotatable bonds is 5. The van der Waals surface area contributed by atoms with E-state index >= 15 is 0 Å². The molecule has 0 aliphatic carbocycles. The molecule has 0 nitrogen and oxygen atoms in total. The van der Waals surface area contributed by atoms with Crippen molar-refractivity contribution in [2.45, 2.75) is 45.7 Å². The minimum atomic E-state index is 0.786. The van der Waals surface area contributed by atoms with Crippen molar-refractivity contribution >= 4 is 9.52 Å². The van der Waals surface area contributed by atoms with E-state index in [1.165, 1.54) is 24.9 Å². The van der Waals surface area contributed by atoms with Crippen LogP contribution >= 0.6 is 0 Å². The van der Waals surface area contributed by atoms with Crippen molar-refractivity contribution in [3.05, 3.63) is 0 Å². The summed E-state index contributed by atoms with van der Waals surface area (Å²) in [6, 6.07) is 3.02. The van der Waals surface area contributed by atoms with Crippen LogP contribution in [0.2, 0.25) is 12.1 Å². The molecule has 0 saturated carbocycles. The SMILES string of the molecule is CCCC[SiH]CC(C)C. The van der Waals surface area contributed by atoms with Crippen molar-refractivity contribution in [1.82, 2.24) is 0 Å². The van der Waals surface area contributed by atoms with E-state index in [0.717, 1.165) is 15.4 Å². The Hall–Kier alpha value is 0.217. The second-order valence-corrected chi connectivity index (χ2v) is 4.69. The predicted octanol–water partition coefficient (Wildman–Crippen LogP) is 2.72. The summed E-state index contributed by atoms with van der Waals surface area (Å²) in [6.45, 7) is 6.91. The highest BCUT2D eigenvalue weighted by atomic mass is 28.2. The van der Waals surface area contributed by atoms with Crippen molar-refractivity contribution in [2.24, 2.45) is 5.92 Å². The van der Waals surface area contributed by atoms with Gasteiger partial charge in [0.2, 0.25) is 0 Å². The molecule has 0 heterocycles. The minimum Gasteiger partial charge on any atom is -0.0654 e. The topological polar surface area (TPSA) is 0 Å². The highest BCUT2D eigenvalue weighted by molar-refractivity contribution is 6.35. The van der Waals surface area contributed by atoms with E-state index in [2.05, 4.69) is 20.8 Å². The van der Waals surface area contributed by atoms with Gasteiger partial charge in [0.05, 0.1) is 0 Å². The molecule has 0 saturated heterocycles. The highest BCUT2D eigenvalue weighted by Gasteiger charge is 1.92. The fraction of sp³-hybridized carbons (Fsp3) is 1.00. The lowest BCUT2D eigenvalue weighted by molar-refractivity contribution is 0.726. The first-order valence-electron chi connectivity index (χ1n) is 4.09. The second kappa shape index (κ2) is 6.34. The Morgan fingerprint density at radius 1 is 1.33 bits per heavy atom. The third-order valence-electron chi connectivity index (χ3n) is 1.40. The molecule has 0 fully saturated rings. The molecule has 0 aromatic carbocycles. The van der Waals surface area contributed by atoms with Gasteiger partial charge in [-0.15, -0.1) is 0 Å². The number of unbranched alkanes of at least 4 members (excludes halogenated alkanes) is 1. The number of hydrogen-bond donors (Lipinski definition) is 0. The summed E-state index contributed by atoms with van der Waals surface area (Å²) >= 11 is 0. The normalized spacial score (nSPS) is 10.7. The lowest BCUT2D eigenvalue weighted by Gasteiger charge is -2.00. The van der Waals surface area contributed by atoms with E-state index in [9.17, 15) is 0 Å². The summed E-state index contributed by atoms with van der Waals surface area (Å²) < 4.78 is 0. The van der Waals surface area contributed by atoms with E-state index in [1.807, 2.05) is 0 Å². The zero-order chi connectivity index (χ0) is 7.11. The summed E-state index contributed by atoms with van der Waals surface area (Å²) in [6.07, 6.45) is 2.84. The molecule has 0 bridgehead atoms. The molecular weight excluding hydrogens is 124 g/mol. The fourth-order valence-corrected chi connectivity index (χ4v) is 2.40. The van der Waals surface area contributed by atoms with E-state index < -0.39 is 0 Å². The standard InChI is InChI=1S/C8H19Si/c1-4-5-6-9-7-8(2)3/h8-9H,4-7H2,1-3H3. The first kappa shape index (κ1) is 9.22. The quantitative estimate of drug-likeness (QED) is 0.410. The maximum atomic E-state index is 2.32. The third kappa shape index (κ3) is 8.22. The van der Waals surface area contributed by atoms with Crippen LogP contribution < -0.4 is 0 Å². The van der Waals surface area contributed by atoms with Gasteiger partial charge in [-0.2, -0.15) is 0 Å². The van der Waals surface area contributed by atoms with Crippen molar-refractivity contribution in [1.29, 1.82) is 0 Å². The maximum absolute atomic E-state index is 2.32. The van der Waals surface area contributed by atoms with Crippen LogP contribution in [0.25, 0.3) is 0 Å². The van der Waals surface area contributed by atoms with Crippen molar-refractivity contribution in [3.63, 3.8) is 0 Å². The van der Waals surface area contributed by atoms with Gasteiger partial charge in [-0.1, -0.05) is 45.7 Å². The zero-order valence-electron chi connectivity index (χ0n) is 6.98. The predicted molar refractivity (Wildman–Crippen MR) is 46.5 cm³/mol. The molecule has 0 rings (SSSR count). The fourth-order valence-electron chi connectivity index (χ4n) is 0.800. The average molecular weight is 143 g/mol. The Kier molecular flexibility index (Phi) is 6.49. The van der Waals surface area contributed by atoms with Crippen LogP contribution in [0.15, 0.2) is 0 Å². The Balaban J connectivity index is 2.75. The summed E-state index contributed by atoms with van der Waals surface area (Å²) in [5.74, 6) is 0.942. The minimum absolute atomic E-state index is 0.786. The maximum Gasteiger partial charge on any atom is 0.0282 e. The monoisotopic (exact) mass is 143 g/mol. The largest absolute Gasteiger partial charge is 0.0654 e. The van der Waals surface area contributed by atoms with Gasteiger partial charge in [0, 0.05) is 9.52 Å². The van der Waals surface area contributed by atoms with Gasteiger partial charge in [0.1, 0.15) is 0 Å². The third-order valence-corrected chi connectivity index (χ3v) is 3.49. The highest BCUT2D eigenvalue weighted by Crippen LogP contribution is 2.03. The summed E-state index contributed by atoms with van der Waals surface area (Å²) in [4.78, 5) is 0. The molecule has 0 amide bonds. The van der Waals surface area contributed by atoms with Gasteiger partial charge in [-0.3, -0.25) is 0 Å². The Labute approximate surface area is 61.9 Å². The van der Waals surface area contributed by atoms with E-state index in [0.29, 0.717) is 0 Å². The van der Waals surface area contributed by atoms with Crippen molar-refractivity contribution in [3.8, 4) is 0 Å². The zero-order valence-corrected chi connectivity index (χ0v) is 8.14. The van der Waals surface area contributed by atoms with Crippen LogP contribution in [-0.4, -0.2) is 9.52 Å². The number of hydrogen-bond acceptors (Lipinski definition) is 0. The van der Waals surface area contributed by atoms with Gasteiger partial charge >= 0.3 is 0 Å². The van der Waals surface area contributed by atoms with E-state index in [-0.39, 0.29) is 0 Å².